The highest BCUT2D eigenvalue weighted by Crippen LogP contribution is 2.33. The van der Waals surface area contributed by atoms with Crippen LogP contribution >= 0.6 is 0 Å². The molecule has 0 radical (unpaired) electrons. The second kappa shape index (κ2) is 7.22. The Morgan fingerprint density at radius 2 is 1.81 bits per heavy atom. The van der Waals surface area contributed by atoms with Crippen molar-refractivity contribution >= 4 is 5.91 Å². The number of nitrogens with one attached hydrogen (secondary N) is 1. The standard InChI is InChI=1S/C19H17F3N4O/c1-12-9-13(2)26(25-12)16-4-3-15(17(10-16)19(20,21)22)11-24-18(27)14-5-7-23-8-6-14/h3-10H,11H2,1-2H3,(H,24,27). The molecule has 0 atom stereocenters. The van der Waals surface area contributed by atoms with E-state index in [-0.39, 0.29) is 12.1 Å². The number of benzene rings is 1. The van der Waals surface area contributed by atoms with E-state index in [9.17, 15) is 18.0 Å². The molecule has 0 bridgehead atoms. The van der Waals surface area contributed by atoms with Gasteiger partial charge in [0.2, 0.25) is 0 Å². The molecule has 0 unspecified atom stereocenters. The fourth-order valence-corrected chi connectivity index (χ4v) is 2.79. The zero-order valence-electron chi connectivity index (χ0n) is 14.7. The molecule has 2 heterocycles. The summed E-state index contributed by atoms with van der Waals surface area (Å²) in [5, 5.41) is 6.73. The smallest absolute Gasteiger partial charge is 0.348 e. The summed E-state index contributed by atoms with van der Waals surface area (Å²) in [6, 6.07) is 8.74. The van der Waals surface area contributed by atoms with Crippen LogP contribution in [-0.2, 0) is 12.7 Å². The minimum Gasteiger partial charge on any atom is -0.348 e. The Morgan fingerprint density at radius 3 is 2.41 bits per heavy atom. The lowest BCUT2D eigenvalue weighted by Gasteiger charge is -2.16. The highest BCUT2D eigenvalue weighted by molar-refractivity contribution is 5.93. The fourth-order valence-electron chi connectivity index (χ4n) is 2.79. The van der Waals surface area contributed by atoms with Crippen LogP contribution in [0.2, 0.25) is 0 Å². The zero-order valence-corrected chi connectivity index (χ0v) is 14.7. The maximum absolute atomic E-state index is 13.5. The molecule has 0 aliphatic rings. The van der Waals surface area contributed by atoms with Crippen LogP contribution in [0.4, 0.5) is 13.2 Å². The second-order valence-electron chi connectivity index (χ2n) is 6.10. The van der Waals surface area contributed by atoms with Gasteiger partial charge in [-0.2, -0.15) is 18.3 Å². The number of rotatable bonds is 4. The highest BCUT2D eigenvalue weighted by atomic mass is 19.4. The van der Waals surface area contributed by atoms with E-state index >= 15 is 0 Å². The van der Waals surface area contributed by atoms with Crippen molar-refractivity contribution in [2.75, 3.05) is 0 Å². The lowest BCUT2D eigenvalue weighted by atomic mass is 10.1. The van der Waals surface area contributed by atoms with E-state index in [1.54, 1.807) is 26.0 Å². The maximum Gasteiger partial charge on any atom is 0.416 e. The number of nitrogens with zero attached hydrogens (tertiary/aromatic N) is 3. The van der Waals surface area contributed by atoms with Gasteiger partial charge in [-0.15, -0.1) is 0 Å². The van der Waals surface area contributed by atoms with Gasteiger partial charge in [0.05, 0.1) is 16.9 Å². The summed E-state index contributed by atoms with van der Waals surface area (Å²) >= 11 is 0. The largest absolute Gasteiger partial charge is 0.416 e. The Labute approximate surface area is 153 Å². The highest BCUT2D eigenvalue weighted by Gasteiger charge is 2.34. The number of alkyl halides is 3. The van der Waals surface area contributed by atoms with Crippen molar-refractivity contribution in [1.29, 1.82) is 0 Å². The molecular weight excluding hydrogens is 357 g/mol. The first-order valence-electron chi connectivity index (χ1n) is 8.17. The van der Waals surface area contributed by atoms with Gasteiger partial charge in [0.15, 0.2) is 0 Å². The summed E-state index contributed by atoms with van der Waals surface area (Å²) in [4.78, 5) is 15.9. The zero-order chi connectivity index (χ0) is 19.6. The summed E-state index contributed by atoms with van der Waals surface area (Å²) in [5.41, 5.74) is 1.28. The minimum absolute atomic E-state index is 0.0183. The Morgan fingerprint density at radius 1 is 1.11 bits per heavy atom. The van der Waals surface area contributed by atoms with Crippen LogP contribution in [0.3, 0.4) is 0 Å². The molecule has 3 aromatic rings. The Kier molecular flexibility index (Phi) is 4.98. The van der Waals surface area contributed by atoms with Gasteiger partial charge in [0.25, 0.3) is 5.91 Å². The van der Waals surface area contributed by atoms with Crippen molar-refractivity contribution < 1.29 is 18.0 Å². The van der Waals surface area contributed by atoms with E-state index in [0.717, 1.165) is 17.5 Å². The first-order chi connectivity index (χ1) is 12.8. The molecule has 0 aliphatic heterocycles. The number of carbonyl (C=O) groups excluding carboxylic acids is 1. The summed E-state index contributed by atoms with van der Waals surface area (Å²) in [7, 11) is 0. The average Bonchev–Trinajstić information content (AvgIpc) is 2.97. The number of amides is 1. The quantitative estimate of drug-likeness (QED) is 0.755. The first kappa shape index (κ1) is 18.6. The summed E-state index contributed by atoms with van der Waals surface area (Å²) in [6.07, 6.45) is -1.67. The van der Waals surface area contributed by atoms with Gasteiger partial charge in [0, 0.05) is 30.2 Å². The summed E-state index contributed by atoms with van der Waals surface area (Å²) in [6.45, 7) is 3.31. The van der Waals surface area contributed by atoms with Crippen LogP contribution < -0.4 is 5.32 Å². The molecule has 0 aliphatic carbocycles. The van der Waals surface area contributed by atoms with Gasteiger partial charge in [0.1, 0.15) is 0 Å². The van der Waals surface area contributed by atoms with Gasteiger partial charge in [-0.1, -0.05) is 6.07 Å². The van der Waals surface area contributed by atoms with Crippen molar-refractivity contribution in [2.24, 2.45) is 0 Å². The van der Waals surface area contributed by atoms with Gasteiger partial charge >= 0.3 is 6.18 Å². The lowest BCUT2D eigenvalue weighted by molar-refractivity contribution is -0.138. The number of hydrogen-bond acceptors (Lipinski definition) is 3. The monoisotopic (exact) mass is 374 g/mol. The molecule has 2 aromatic heterocycles. The molecule has 8 heteroatoms. The Balaban J connectivity index is 1.89. The molecule has 140 valence electrons. The molecular formula is C19H17F3N4O. The third-order valence-electron chi connectivity index (χ3n) is 4.03. The molecule has 0 saturated heterocycles. The molecule has 3 rings (SSSR count). The van der Waals surface area contributed by atoms with Crippen LogP contribution in [-0.4, -0.2) is 20.7 Å². The van der Waals surface area contributed by atoms with Crippen molar-refractivity contribution in [3.8, 4) is 5.69 Å². The van der Waals surface area contributed by atoms with Gasteiger partial charge in [-0.3, -0.25) is 9.78 Å². The van der Waals surface area contributed by atoms with E-state index in [2.05, 4.69) is 15.4 Å². The molecule has 0 spiro atoms. The normalized spacial score (nSPS) is 11.4. The predicted molar refractivity (Wildman–Crippen MR) is 93.4 cm³/mol. The van der Waals surface area contributed by atoms with Gasteiger partial charge < -0.3 is 5.32 Å². The SMILES string of the molecule is Cc1cc(C)n(-c2ccc(CNC(=O)c3ccncc3)c(C(F)(F)F)c2)n1. The lowest BCUT2D eigenvalue weighted by Crippen LogP contribution is -2.24. The second-order valence-corrected chi connectivity index (χ2v) is 6.10. The Bertz CT molecular complexity index is 965. The molecule has 27 heavy (non-hydrogen) atoms. The van der Waals surface area contributed by atoms with Crippen LogP contribution in [0.5, 0.6) is 0 Å². The number of hydrogen-bond donors (Lipinski definition) is 1. The van der Waals surface area contributed by atoms with Gasteiger partial charge in [-0.25, -0.2) is 4.68 Å². The molecule has 1 aromatic carbocycles. The van der Waals surface area contributed by atoms with Crippen LogP contribution in [0.15, 0.2) is 48.8 Å². The van der Waals surface area contributed by atoms with E-state index < -0.39 is 17.6 Å². The molecule has 5 nitrogen and oxygen atoms in total. The van der Waals surface area contributed by atoms with E-state index in [0.29, 0.717) is 11.3 Å². The number of halogens is 3. The summed E-state index contributed by atoms with van der Waals surface area (Å²) in [5.74, 6) is -0.465. The minimum atomic E-state index is -4.55. The van der Waals surface area contributed by atoms with Crippen molar-refractivity contribution in [1.82, 2.24) is 20.1 Å². The van der Waals surface area contributed by atoms with E-state index in [1.807, 2.05) is 0 Å². The number of carbonyl (C=O) groups is 1. The van der Waals surface area contributed by atoms with Crippen molar-refractivity contribution in [3.05, 3.63) is 76.9 Å². The molecule has 0 fully saturated rings. The average molecular weight is 374 g/mol. The third-order valence-corrected chi connectivity index (χ3v) is 4.03. The fraction of sp³-hybridized carbons (Fsp3) is 0.211. The van der Waals surface area contributed by atoms with Crippen molar-refractivity contribution in [3.63, 3.8) is 0 Å². The number of pyridine rings is 1. The van der Waals surface area contributed by atoms with Gasteiger partial charge in [-0.05, 0) is 49.7 Å². The number of aromatic nitrogens is 3. The molecule has 1 N–H and O–H groups in total. The van der Waals surface area contributed by atoms with Crippen LogP contribution in [0.25, 0.3) is 5.69 Å². The molecule has 0 saturated carbocycles. The maximum atomic E-state index is 13.5. The van der Waals surface area contributed by atoms with E-state index in [1.165, 1.54) is 35.3 Å². The summed E-state index contributed by atoms with van der Waals surface area (Å²) < 4.78 is 42.1. The first-order valence-corrected chi connectivity index (χ1v) is 8.17. The van der Waals surface area contributed by atoms with Crippen LogP contribution in [0, 0.1) is 13.8 Å². The topological polar surface area (TPSA) is 59.8 Å². The van der Waals surface area contributed by atoms with Crippen molar-refractivity contribution in [2.45, 2.75) is 26.6 Å². The van der Waals surface area contributed by atoms with Crippen LogP contribution in [0.1, 0.15) is 32.9 Å². The predicted octanol–water partition coefficient (Wildman–Crippen LogP) is 3.83. The Hall–Kier alpha value is -3.16. The molecule has 1 amide bonds. The van der Waals surface area contributed by atoms with E-state index in [4.69, 9.17) is 0 Å². The third kappa shape index (κ3) is 4.16. The number of aryl methyl sites for hydroxylation is 2.